The zero-order valence-corrected chi connectivity index (χ0v) is 25.3. The Morgan fingerprint density at radius 1 is 0.822 bits per heavy atom. The third kappa shape index (κ3) is 11.0. The van der Waals surface area contributed by atoms with Crippen molar-refractivity contribution in [3.63, 3.8) is 0 Å². The molecule has 0 aliphatic rings. The second-order valence-electron chi connectivity index (χ2n) is 11.0. The van der Waals surface area contributed by atoms with Gasteiger partial charge in [-0.15, -0.1) is 0 Å². The average Bonchev–Trinajstić information content (AvgIpc) is 3.06. The lowest BCUT2D eigenvalue weighted by molar-refractivity contribution is -0.386. The van der Waals surface area contributed by atoms with Crippen LogP contribution in [0.5, 0.6) is 5.75 Å². The van der Waals surface area contributed by atoms with Crippen molar-refractivity contribution >= 4 is 5.69 Å². The first-order valence-corrected chi connectivity index (χ1v) is 15.2. The van der Waals surface area contributed by atoms with Crippen molar-refractivity contribution in [1.82, 2.24) is 4.90 Å². The van der Waals surface area contributed by atoms with Crippen LogP contribution >= 0.6 is 0 Å². The van der Waals surface area contributed by atoms with E-state index in [9.17, 15) is 24.0 Å². The highest BCUT2D eigenvalue weighted by molar-refractivity contribution is 5.49. The van der Waals surface area contributed by atoms with Crippen molar-refractivity contribution in [3.8, 4) is 5.75 Å². The molecule has 0 bridgehead atoms. The fraction of sp³-hybridized carbons (Fsp3) is 0.333. The van der Waals surface area contributed by atoms with E-state index in [1.165, 1.54) is 18.2 Å². The predicted molar refractivity (Wildman–Crippen MR) is 170 cm³/mol. The number of unbranched alkanes of at least 4 members (excludes halogenated alkanes) is 3. The maximum atomic E-state index is 14.3. The van der Waals surface area contributed by atoms with Gasteiger partial charge in [-0.25, -0.2) is 0 Å². The predicted octanol–water partition coefficient (Wildman–Crippen LogP) is 8.08. The molecule has 0 amide bonds. The van der Waals surface area contributed by atoms with Crippen LogP contribution in [0.4, 0.5) is 14.5 Å². The number of nitro benzene ring substituents is 1. The molecule has 0 saturated heterocycles. The van der Waals surface area contributed by atoms with E-state index in [-0.39, 0.29) is 36.8 Å². The van der Waals surface area contributed by atoms with E-state index in [0.29, 0.717) is 25.1 Å². The summed E-state index contributed by atoms with van der Waals surface area (Å²) < 4.78 is 39.6. The highest BCUT2D eigenvalue weighted by Crippen LogP contribution is 2.32. The number of ether oxygens (including phenoxy) is 2. The zero-order valence-electron chi connectivity index (χ0n) is 25.3. The number of nitrogens with zero attached hydrogens (tertiary/aromatic N) is 2. The van der Waals surface area contributed by atoms with Crippen LogP contribution in [0, 0.1) is 10.1 Å². The van der Waals surface area contributed by atoms with Crippen LogP contribution < -0.4 is 4.74 Å². The maximum Gasteiger partial charge on any atom is 0.311 e. The third-order valence-electron chi connectivity index (χ3n) is 7.47. The second-order valence-corrected chi connectivity index (χ2v) is 11.0. The minimum Gasteiger partial charge on any atom is -0.482 e. The second kappa shape index (κ2) is 17.3. The minimum absolute atomic E-state index is 0.0485. The van der Waals surface area contributed by atoms with Gasteiger partial charge >= 0.3 is 5.69 Å². The number of aliphatic hydroxyl groups excluding tert-OH is 1. The van der Waals surface area contributed by atoms with Crippen LogP contribution in [0.3, 0.4) is 0 Å². The standard InChI is InChI=1S/C36H40F2N2O5/c37-36(38,32-18-10-5-11-19-32)28-44-23-13-2-1-12-22-39(25-29-14-6-3-7-15-29)26-34(41)31-20-21-35(33(24-31)40(42)43)45-27-30-16-8-4-9-17-30/h3-11,14-21,24,34,41H,1-2,12-13,22-23,25-28H2/t34-/m0/s1. The average molecular weight is 619 g/mol. The summed E-state index contributed by atoms with van der Waals surface area (Å²) in [6, 6.07) is 31.6. The summed E-state index contributed by atoms with van der Waals surface area (Å²) >= 11 is 0. The molecular weight excluding hydrogens is 578 g/mol. The molecule has 1 N–H and O–H groups in total. The van der Waals surface area contributed by atoms with E-state index in [1.54, 1.807) is 30.3 Å². The van der Waals surface area contributed by atoms with Crippen LogP contribution in [0.1, 0.15) is 54.0 Å². The monoisotopic (exact) mass is 618 g/mol. The summed E-state index contributed by atoms with van der Waals surface area (Å²) in [6.07, 6.45) is 2.27. The minimum atomic E-state index is -3.02. The van der Waals surface area contributed by atoms with Gasteiger partial charge in [0, 0.05) is 31.3 Å². The quantitative estimate of drug-likeness (QED) is 0.0650. The van der Waals surface area contributed by atoms with E-state index in [2.05, 4.69) is 4.90 Å². The third-order valence-corrected chi connectivity index (χ3v) is 7.47. The Labute approximate surface area is 263 Å². The number of benzene rings is 4. The van der Waals surface area contributed by atoms with Crippen molar-refractivity contribution in [2.45, 2.75) is 50.9 Å². The molecule has 4 aromatic carbocycles. The van der Waals surface area contributed by atoms with Crippen LogP contribution in [-0.4, -0.2) is 41.2 Å². The summed E-state index contributed by atoms with van der Waals surface area (Å²) in [5.74, 6) is -2.87. The molecule has 0 saturated carbocycles. The molecule has 0 fully saturated rings. The molecule has 1 atom stereocenters. The van der Waals surface area contributed by atoms with E-state index < -0.39 is 23.6 Å². The van der Waals surface area contributed by atoms with Gasteiger partial charge in [0.2, 0.25) is 0 Å². The number of hydrogen-bond acceptors (Lipinski definition) is 6. The molecule has 0 unspecified atom stereocenters. The molecule has 4 aromatic rings. The molecule has 45 heavy (non-hydrogen) atoms. The van der Waals surface area contributed by atoms with Crippen molar-refractivity contribution in [2.24, 2.45) is 0 Å². The Hall–Kier alpha value is -4.18. The summed E-state index contributed by atoms with van der Waals surface area (Å²) in [6.45, 7) is 1.40. The molecule has 0 radical (unpaired) electrons. The Balaban J connectivity index is 1.27. The first-order valence-electron chi connectivity index (χ1n) is 15.2. The lowest BCUT2D eigenvalue weighted by Gasteiger charge is -2.25. The molecule has 9 heteroatoms. The Morgan fingerprint density at radius 2 is 1.44 bits per heavy atom. The van der Waals surface area contributed by atoms with Gasteiger partial charge in [-0.1, -0.05) is 110 Å². The Bertz CT molecular complexity index is 1440. The van der Waals surface area contributed by atoms with E-state index in [0.717, 1.165) is 30.4 Å². The number of nitro groups is 1. The molecular formula is C36H40F2N2O5. The molecule has 7 nitrogen and oxygen atoms in total. The van der Waals surface area contributed by atoms with Gasteiger partial charge in [0.25, 0.3) is 5.92 Å². The summed E-state index contributed by atoms with van der Waals surface area (Å²) in [5.41, 5.74) is 2.18. The van der Waals surface area contributed by atoms with Crippen molar-refractivity contribution in [3.05, 3.63) is 142 Å². The Kier molecular flexibility index (Phi) is 13.0. The zero-order chi connectivity index (χ0) is 31.9. The molecule has 0 aliphatic carbocycles. The summed E-state index contributed by atoms with van der Waals surface area (Å²) in [4.78, 5) is 13.5. The first-order chi connectivity index (χ1) is 21.8. The highest BCUT2D eigenvalue weighted by atomic mass is 19.3. The van der Waals surface area contributed by atoms with Crippen LogP contribution in [-0.2, 0) is 23.8 Å². The Morgan fingerprint density at radius 3 is 2.11 bits per heavy atom. The summed E-state index contributed by atoms with van der Waals surface area (Å²) in [7, 11) is 0. The molecule has 0 spiro atoms. The largest absolute Gasteiger partial charge is 0.482 e. The number of rotatable bonds is 19. The number of halogens is 2. The highest BCUT2D eigenvalue weighted by Gasteiger charge is 2.31. The molecule has 0 aliphatic heterocycles. The summed E-state index contributed by atoms with van der Waals surface area (Å²) in [5, 5.41) is 23.0. The lowest BCUT2D eigenvalue weighted by Crippen LogP contribution is -2.29. The van der Waals surface area contributed by atoms with Gasteiger partial charge in [-0.2, -0.15) is 8.78 Å². The molecule has 0 heterocycles. The van der Waals surface area contributed by atoms with Gasteiger partial charge in [-0.3, -0.25) is 15.0 Å². The van der Waals surface area contributed by atoms with E-state index in [1.807, 2.05) is 60.7 Å². The number of aliphatic hydroxyl groups is 1. The smallest absolute Gasteiger partial charge is 0.311 e. The maximum absolute atomic E-state index is 14.3. The number of hydrogen-bond donors (Lipinski definition) is 1. The fourth-order valence-electron chi connectivity index (χ4n) is 5.03. The lowest BCUT2D eigenvalue weighted by atomic mass is 10.1. The van der Waals surface area contributed by atoms with Crippen molar-refractivity contribution in [1.29, 1.82) is 0 Å². The van der Waals surface area contributed by atoms with E-state index in [4.69, 9.17) is 9.47 Å². The molecule has 238 valence electrons. The van der Waals surface area contributed by atoms with Crippen LogP contribution in [0.2, 0.25) is 0 Å². The number of alkyl halides is 2. The normalized spacial score (nSPS) is 12.3. The van der Waals surface area contributed by atoms with E-state index >= 15 is 0 Å². The SMILES string of the molecule is O=[N+]([O-])c1cc([C@@H](O)CN(CCCCCCOCC(F)(F)c2ccccc2)Cc2ccccc2)ccc1OCc1ccccc1. The van der Waals surface area contributed by atoms with Crippen LogP contribution in [0.15, 0.2) is 109 Å². The van der Waals surface area contributed by atoms with Gasteiger partial charge in [0.05, 0.1) is 11.0 Å². The van der Waals surface area contributed by atoms with Gasteiger partial charge in [0.1, 0.15) is 13.2 Å². The fourth-order valence-corrected chi connectivity index (χ4v) is 5.03. The van der Waals surface area contributed by atoms with Gasteiger partial charge in [-0.05, 0) is 42.1 Å². The van der Waals surface area contributed by atoms with Crippen molar-refractivity contribution < 1.29 is 28.3 Å². The molecule has 0 aromatic heterocycles. The van der Waals surface area contributed by atoms with Crippen molar-refractivity contribution in [2.75, 3.05) is 26.3 Å². The van der Waals surface area contributed by atoms with Gasteiger partial charge < -0.3 is 14.6 Å². The van der Waals surface area contributed by atoms with Gasteiger partial charge in [0.15, 0.2) is 5.75 Å². The molecule has 4 rings (SSSR count). The topological polar surface area (TPSA) is 85.1 Å². The first kappa shape index (κ1) is 33.7. The van der Waals surface area contributed by atoms with Crippen LogP contribution in [0.25, 0.3) is 0 Å².